The molecule has 0 saturated heterocycles. The number of fused-ring (bicyclic) bond motifs is 1. The van der Waals surface area contributed by atoms with Gasteiger partial charge in [-0.2, -0.15) is 0 Å². The smallest absolute Gasteiger partial charge is 0.125 e. The second-order valence-electron chi connectivity index (χ2n) is 5.90. The molecule has 0 bridgehead atoms. The van der Waals surface area contributed by atoms with Crippen molar-refractivity contribution in [1.29, 1.82) is 0 Å². The Bertz CT molecular complexity index is 672. The molecular weight excluding hydrogens is 350 g/mol. The van der Waals surface area contributed by atoms with Gasteiger partial charge in [-0.25, -0.2) is 0 Å². The highest BCUT2D eigenvalue weighted by Gasteiger charge is 2.33. The highest BCUT2D eigenvalue weighted by Crippen LogP contribution is 2.42. The van der Waals surface area contributed by atoms with Crippen molar-refractivity contribution in [3.05, 3.63) is 57.5 Å². The lowest BCUT2D eigenvalue weighted by Gasteiger charge is -2.38. The van der Waals surface area contributed by atoms with Gasteiger partial charge in [0.25, 0.3) is 0 Å². The maximum Gasteiger partial charge on any atom is 0.125 e. The lowest BCUT2D eigenvalue weighted by Crippen LogP contribution is -2.37. The van der Waals surface area contributed by atoms with Crippen LogP contribution in [0, 0.1) is 0 Å². The first-order valence-corrected chi connectivity index (χ1v) is 8.12. The molecule has 0 fully saturated rings. The Balaban J connectivity index is 1.96. The Morgan fingerprint density at radius 3 is 2.76 bits per heavy atom. The first kappa shape index (κ1) is 14.7. The van der Waals surface area contributed by atoms with Crippen LogP contribution in [0.15, 0.2) is 46.9 Å². The van der Waals surface area contributed by atoms with E-state index >= 15 is 0 Å². The topological polar surface area (TPSA) is 21.3 Å². The number of anilines is 1. The van der Waals surface area contributed by atoms with Crippen molar-refractivity contribution in [2.75, 3.05) is 5.32 Å². The Labute approximate surface area is 138 Å². The van der Waals surface area contributed by atoms with E-state index in [1.165, 1.54) is 5.56 Å². The fraction of sp³-hybridized carbons (Fsp3) is 0.294. The third-order valence-corrected chi connectivity index (χ3v) is 5.06. The van der Waals surface area contributed by atoms with Gasteiger partial charge in [0.05, 0.1) is 21.2 Å². The number of nitrogens with one attached hydrogen (secondary N) is 1. The van der Waals surface area contributed by atoms with Crippen molar-refractivity contribution in [2.45, 2.75) is 31.9 Å². The lowest BCUT2D eigenvalue weighted by molar-refractivity contribution is 0.0759. The summed E-state index contributed by atoms with van der Waals surface area (Å²) in [6.07, 6.45) is 0.892. The van der Waals surface area contributed by atoms with Gasteiger partial charge in [-0.1, -0.05) is 35.9 Å². The third kappa shape index (κ3) is 3.04. The number of ether oxygens (including phenoxy) is 1. The summed E-state index contributed by atoms with van der Waals surface area (Å²) in [5, 5.41) is 4.30. The van der Waals surface area contributed by atoms with Crippen molar-refractivity contribution in [2.24, 2.45) is 0 Å². The van der Waals surface area contributed by atoms with Crippen LogP contribution in [0.4, 0.5) is 5.69 Å². The van der Waals surface area contributed by atoms with E-state index in [0.717, 1.165) is 22.3 Å². The third-order valence-electron chi connectivity index (χ3n) is 3.66. The maximum atomic E-state index is 6.18. The molecule has 0 aliphatic carbocycles. The van der Waals surface area contributed by atoms with E-state index in [9.17, 15) is 0 Å². The summed E-state index contributed by atoms with van der Waals surface area (Å²) in [7, 11) is 0. The van der Waals surface area contributed by atoms with Crippen LogP contribution < -0.4 is 10.1 Å². The molecule has 3 rings (SSSR count). The van der Waals surface area contributed by atoms with Crippen LogP contribution in [-0.4, -0.2) is 5.60 Å². The molecule has 0 amide bonds. The zero-order valence-electron chi connectivity index (χ0n) is 12.0. The lowest BCUT2D eigenvalue weighted by atomic mass is 9.89. The molecule has 2 nitrogen and oxygen atoms in total. The molecule has 0 saturated carbocycles. The molecule has 4 heteroatoms. The molecule has 1 aliphatic heterocycles. The molecular formula is C17H17BrClNO. The minimum Gasteiger partial charge on any atom is -0.487 e. The maximum absolute atomic E-state index is 6.18. The second-order valence-corrected chi connectivity index (χ2v) is 7.10. The Morgan fingerprint density at radius 1 is 1.19 bits per heavy atom. The van der Waals surface area contributed by atoms with Crippen molar-refractivity contribution in [1.82, 2.24) is 0 Å². The molecule has 1 N–H and O–H groups in total. The Hall–Kier alpha value is -1.19. The molecule has 21 heavy (non-hydrogen) atoms. The van der Waals surface area contributed by atoms with E-state index in [-0.39, 0.29) is 11.6 Å². The van der Waals surface area contributed by atoms with Gasteiger partial charge in [-0.15, -0.1) is 0 Å². The standard InChI is InChI=1S/C17H17BrClNO/c1-17(2)10-14(11-6-3-4-9-15(11)21-17)20-13-8-5-7-12(19)16(13)18/h3-9,14,20H,10H2,1-2H3. The first-order chi connectivity index (χ1) is 9.96. The summed E-state index contributed by atoms with van der Waals surface area (Å²) in [4.78, 5) is 0. The fourth-order valence-corrected chi connectivity index (χ4v) is 3.29. The zero-order chi connectivity index (χ0) is 15.0. The van der Waals surface area contributed by atoms with Gasteiger partial charge in [0.1, 0.15) is 11.4 Å². The highest BCUT2D eigenvalue weighted by molar-refractivity contribution is 9.10. The van der Waals surface area contributed by atoms with Crippen LogP contribution in [0.3, 0.4) is 0 Å². The fourth-order valence-electron chi connectivity index (χ4n) is 2.73. The van der Waals surface area contributed by atoms with Crippen LogP contribution in [0.5, 0.6) is 5.75 Å². The molecule has 0 spiro atoms. The number of benzene rings is 2. The number of hydrogen-bond acceptors (Lipinski definition) is 2. The van der Waals surface area contributed by atoms with Crippen molar-refractivity contribution in [3.8, 4) is 5.75 Å². The van der Waals surface area contributed by atoms with Gasteiger partial charge in [-0.05, 0) is 48.0 Å². The van der Waals surface area contributed by atoms with Gasteiger partial charge >= 0.3 is 0 Å². The molecule has 2 aromatic carbocycles. The van der Waals surface area contributed by atoms with E-state index in [0.29, 0.717) is 5.02 Å². The molecule has 110 valence electrons. The number of rotatable bonds is 2. The quantitative estimate of drug-likeness (QED) is 0.723. The summed E-state index contributed by atoms with van der Waals surface area (Å²) in [6, 6.07) is 14.2. The zero-order valence-corrected chi connectivity index (χ0v) is 14.3. The summed E-state index contributed by atoms with van der Waals surface area (Å²) in [5.74, 6) is 0.949. The predicted molar refractivity (Wildman–Crippen MR) is 91.3 cm³/mol. The van der Waals surface area contributed by atoms with Crippen LogP contribution in [-0.2, 0) is 0 Å². The monoisotopic (exact) mass is 365 g/mol. The van der Waals surface area contributed by atoms with E-state index in [1.54, 1.807) is 0 Å². The summed E-state index contributed by atoms with van der Waals surface area (Å²) in [6.45, 7) is 4.23. The molecule has 1 unspecified atom stereocenters. The molecule has 0 radical (unpaired) electrons. The SMILES string of the molecule is CC1(C)CC(Nc2cccc(Cl)c2Br)c2ccccc2O1. The van der Waals surface area contributed by atoms with E-state index in [4.69, 9.17) is 16.3 Å². The highest BCUT2D eigenvalue weighted by atomic mass is 79.9. The first-order valence-electron chi connectivity index (χ1n) is 6.95. The van der Waals surface area contributed by atoms with Crippen LogP contribution in [0.1, 0.15) is 31.9 Å². The predicted octanol–water partition coefficient (Wildman–Crippen LogP) is 5.82. The van der Waals surface area contributed by atoms with Crippen LogP contribution in [0.25, 0.3) is 0 Å². The van der Waals surface area contributed by atoms with Gasteiger partial charge < -0.3 is 10.1 Å². The van der Waals surface area contributed by atoms with Crippen LogP contribution >= 0.6 is 27.5 Å². The largest absolute Gasteiger partial charge is 0.487 e. The average Bonchev–Trinajstić information content (AvgIpc) is 2.42. The number of hydrogen-bond donors (Lipinski definition) is 1. The summed E-state index contributed by atoms with van der Waals surface area (Å²) in [5.41, 5.74) is 1.99. The van der Waals surface area contributed by atoms with Gasteiger partial charge in [0.2, 0.25) is 0 Å². The molecule has 1 heterocycles. The van der Waals surface area contributed by atoms with E-state index in [1.807, 2.05) is 36.4 Å². The Kier molecular flexibility index (Phi) is 3.89. The minimum atomic E-state index is -0.197. The molecule has 1 aliphatic rings. The Morgan fingerprint density at radius 2 is 1.95 bits per heavy atom. The molecule has 1 atom stereocenters. The summed E-state index contributed by atoms with van der Waals surface area (Å²) >= 11 is 9.73. The average molecular weight is 367 g/mol. The van der Waals surface area contributed by atoms with E-state index in [2.05, 4.69) is 41.2 Å². The second kappa shape index (κ2) is 5.54. The summed E-state index contributed by atoms with van der Waals surface area (Å²) < 4.78 is 6.96. The van der Waals surface area contributed by atoms with Crippen LogP contribution in [0.2, 0.25) is 5.02 Å². The minimum absolute atomic E-state index is 0.194. The van der Waals surface area contributed by atoms with Gasteiger partial charge in [0, 0.05) is 12.0 Å². The van der Waals surface area contributed by atoms with E-state index < -0.39 is 0 Å². The number of para-hydroxylation sites is 1. The normalized spacial score (nSPS) is 19.5. The van der Waals surface area contributed by atoms with Crippen molar-refractivity contribution in [3.63, 3.8) is 0 Å². The van der Waals surface area contributed by atoms with Crippen molar-refractivity contribution >= 4 is 33.2 Å². The molecule has 0 aromatic heterocycles. The number of halogens is 2. The van der Waals surface area contributed by atoms with Crippen molar-refractivity contribution < 1.29 is 4.74 Å². The molecule has 2 aromatic rings. The van der Waals surface area contributed by atoms with Gasteiger partial charge in [0.15, 0.2) is 0 Å². The van der Waals surface area contributed by atoms with Gasteiger partial charge in [-0.3, -0.25) is 0 Å².